The van der Waals surface area contributed by atoms with E-state index in [9.17, 15) is 0 Å². The highest BCUT2D eigenvalue weighted by molar-refractivity contribution is 9.09. The van der Waals surface area contributed by atoms with Crippen molar-refractivity contribution < 1.29 is 0 Å². The van der Waals surface area contributed by atoms with Crippen LogP contribution in [0.2, 0.25) is 0 Å². The predicted octanol–water partition coefficient (Wildman–Crippen LogP) is 3.27. The molecule has 52 valence electrons. The van der Waals surface area contributed by atoms with Crippen molar-refractivity contribution in [1.29, 1.82) is 0 Å². The summed E-state index contributed by atoms with van der Waals surface area (Å²) in [6.07, 6.45) is 11.3. The summed E-state index contributed by atoms with van der Waals surface area (Å²) in [4.78, 5) is 0.651. The molecule has 0 saturated heterocycles. The zero-order chi connectivity index (χ0) is 6.53. The van der Waals surface area contributed by atoms with E-state index < -0.39 is 0 Å². The van der Waals surface area contributed by atoms with Crippen LogP contribution in [0.4, 0.5) is 0 Å². The average molecular weight is 189 g/mol. The number of halogens is 1. The molecule has 0 aromatic rings. The standard InChI is InChI=1S/C8H13Br/c9-8-6-4-2-1-3-5-7-8/h4,6,8H,1-3,5,7H2/t8-/m1/s1. The van der Waals surface area contributed by atoms with E-state index in [1.807, 2.05) is 0 Å². The number of hydrogen-bond donors (Lipinski definition) is 0. The van der Waals surface area contributed by atoms with Gasteiger partial charge in [-0.05, 0) is 19.3 Å². The lowest BCUT2D eigenvalue weighted by Gasteiger charge is -2.06. The van der Waals surface area contributed by atoms with E-state index in [4.69, 9.17) is 0 Å². The average Bonchev–Trinajstić information content (AvgIpc) is 1.79. The van der Waals surface area contributed by atoms with Crippen molar-refractivity contribution in [3.63, 3.8) is 0 Å². The minimum Gasteiger partial charge on any atom is -0.0874 e. The molecular weight excluding hydrogens is 176 g/mol. The van der Waals surface area contributed by atoms with Crippen molar-refractivity contribution in [2.75, 3.05) is 0 Å². The fourth-order valence-electron chi connectivity index (χ4n) is 1.12. The minimum atomic E-state index is 0.651. The Morgan fingerprint density at radius 1 is 1.22 bits per heavy atom. The molecule has 0 spiro atoms. The summed E-state index contributed by atoms with van der Waals surface area (Å²) in [5.74, 6) is 0. The van der Waals surface area contributed by atoms with Crippen molar-refractivity contribution in [2.24, 2.45) is 0 Å². The van der Waals surface area contributed by atoms with Gasteiger partial charge in [-0.3, -0.25) is 0 Å². The van der Waals surface area contributed by atoms with Gasteiger partial charge in [-0.1, -0.05) is 40.9 Å². The highest BCUT2D eigenvalue weighted by Crippen LogP contribution is 2.16. The van der Waals surface area contributed by atoms with Crippen molar-refractivity contribution in [1.82, 2.24) is 0 Å². The summed E-state index contributed by atoms with van der Waals surface area (Å²) in [6.45, 7) is 0. The van der Waals surface area contributed by atoms with Gasteiger partial charge in [0.05, 0.1) is 0 Å². The van der Waals surface area contributed by atoms with Crippen LogP contribution in [0.25, 0.3) is 0 Å². The second kappa shape index (κ2) is 4.10. The lowest BCUT2D eigenvalue weighted by molar-refractivity contribution is 0.646. The molecule has 1 heteroatoms. The Hall–Kier alpha value is 0.220. The summed E-state index contributed by atoms with van der Waals surface area (Å²) in [6, 6.07) is 0. The van der Waals surface area contributed by atoms with Crippen molar-refractivity contribution >= 4 is 15.9 Å². The van der Waals surface area contributed by atoms with E-state index in [0.29, 0.717) is 4.83 Å². The molecular formula is C8H13Br. The van der Waals surface area contributed by atoms with E-state index >= 15 is 0 Å². The molecule has 0 N–H and O–H groups in total. The van der Waals surface area contributed by atoms with Gasteiger partial charge in [0.25, 0.3) is 0 Å². The van der Waals surface area contributed by atoms with E-state index in [1.165, 1.54) is 32.1 Å². The van der Waals surface area contributed by atoms with Crippen molar-refractivity contribution in [3.8, 4) is 0 Å². The maximum atomic E-state index is 3.59. The molecule has 0 bridgehead atoms. The first-order valence-electron chi connectivity index (χ1n) is 3.70. The van der Waals surface area contributed by atoms with Gasteiger partial charge in [-0.15, -0.1) is 0 Å². The smallest absolute Gasteiger partial charge is 0.0325 e. The van der Waals surface area contributed by atoms with Gasteiger partial charge in [-0.2, -0.15) is 0 Å². The van der Waals surface area contributed by atoms with Crippen LogP contribution in [-0.4, -0.2) is 4.83 Å². The van der Waals surface area contributed by atoms with Crippen LogP contribution in [0.3, 0.4) is 0 Å². The highest BCUT2D eigenvalue weighted by atomic mass is 79.9. The summed E-state index contributed by atoms with van der Waals surface area (Å²) in [7, 11) is 0. The molecule has 0 unspecified atom stereocenters. The van der Waals surface area contributed by atoms with Crippen LogP contribution in [0.15, 0.2) is 12.2 Å². The van der Waals surface area contributed by atoms with Crippen LogP contribution in [0.1, 0.15) is 32.1 Å². The van der Waals surface area contributed by atoms with E-state index in [2.05, 4.69) is 28.1 Å². The van der Waals surface area contributed by atoms with E-state index in [-0.39, 0.29) is 0 Å². The molecule has 0 aromatic heterocycles. The molecule has 1 aliphatic rings. The normalized spacial score (nSPS) is 29.2. The minimum absolute atomic E-state index is 0.651. The summed E-state index contributed by atoms with van der Waals surface area (Å²) in [5, 5.41) is 0. The lowest BCUT2D eigenvalue weighted by Crippen LogP contribution is -1.94. The van der Waals surface area contributed by atoms with Crippen LogP contribution >= 0.6 is 15.9 Å². The van der Waals surface area contributed by atoms with Gasteiger partial charge in [-0.25, -0.2) is 0 Å². The van der Waals surface area contributed by atoms with Gasteiger partial charge in [0.2, 0.25) is 0 Å². The summed E-state index contributed by atoms with van der Waals surface area (Å²) in [5.41, 5.74) is 0. The largest absolute Gasteiger partial charge is 0.0874 e. The lowest BCUT2D eigenvalue weighted by atomic mass is 10.1. The van der Waals surface area contributed by atoms with Crippen molar-refractivity contribution in [3.05, 3.63) is 12.2 Å². The second-order valence-electron chi connectivity index (χ2n) is 2.58. The fourth-order valence-corrected chi connectivity index (χ4v) is 1.66. The zero-order valence-electron chi connectivity index (χ0n) is 5.65. The van der Waals surface area contributed by atoms with Crippen molar-refractivity contribution in [2.45, 2.75) is 36.9 Å². The van der Waals surface area contributed by atoms with E-state index in [1.54, 1.807) is 0 Å². The van der Waals surface area contributed by atoms with Gasteiger partial charge in [0, 0.05) is 4.83 Å². The summed E-state index contributed by atoms with van der Waals surface area (Å²) < 4.78 is 0. The molecule has 0 aliphatic heterocycles. The third-order valence-corrected chi connectivity index (χ3v) is 2.46. The molecule has 1 aliphatic carbocycles. The summed E-state index contributed by atoms with van der Waals surface area (Å²) >= 11 is 3.59. The zero-order valence-corrected chi connectivity index (χ0v) is 7.23. The first-order valence-corrected chi connectivity index (χ1v) is 4.62. The molecule has 1 rings (SSSR count). The third-order valence-electron chi connectivity index (χ3n) is 1.70. The molecule has 0 saturated carbocycles. The van der Waals surface area contributed by atoms with Gasteiger partial charge >= 0.3 is 0 Å². The Labute approximate surface area is 65.5 Å². The molecule has 1 atom stereocenters. The molecule has 0 heterocycles. The van der Waals surface area contributed by atoms with E-state index in [0.717, 1.165) is 0 Å². The number of rotatable bonds is 0. The monoisotopic (exact) mass is 188 g/mol. The van der Waals surface area contributed by atoms with Gasteiger partial charge in [0.1, 0.15) is 0 Å². The highest BCUT2D eigenvalue weighted by Gasteiger charge is 2.00. The van der Waals surface area contributed by atoms with Crippen LogP contribution in [0, 0.1) is 0 Å². The second-order valence-corrected chi connectivity index (χ2v) is 3.76. The Bertz CT molecular complexity index is 96.7. The molecule has 9 heavy (non-hydrogen) atoms. The quantitative estimate of drug-likeness (QED) is 0.405. The Morgan fingerprint density at radius 2 is 2.11 bits per heavy atom. The predicted molar refractivity (Wildman–Crippen MR) is 44.9 cm³/mol. The molecule has 0 nitrogen and oxygen atoms in total. The Kier molecular flexibility index (Phi) is 3.34. The fraction of sp³-hybridized carbons (Fsp3) is 0.750. The van der Waals surface area contributed by atoms with Gasteiger partial charge < -0.3 is 0 Å². The van der Waals surface area contributed by atoms with Crippen LogP contribution in [0.5, 0.6) is 0 Å². The number of alkyl halides is 1. The molecule has 0 amide bonds. The number of hydrogen-bond acceptors (Lipinski definition) is 0. The topological polar surface area (TPSA) is 0 Å². The molecule has 0 fully saturated rings. The number of allylic oxidation sites excluding steroid dienone is 2. The Balaban J connectivity index is 2.30. The molecule has 0 aromatic carbocycles. The molecule has 0 radical (unpaired) electrons. The van der Waals surface area contributed by atoms with Crippen LogP contribution in [-0.2, 0) is 0 Å². The van der Waals surface area contributed by atoms with Gasteiger partial charge in [0.15, 0.2) is 0 Å². The first kappa shape index (κ1) is 7.33. The SMILES string of the molecule is Br[C@@H]1C=CCCCCC1. The third kappa shape index (κ3) is 3.04. The first-order chi connectivity index (χ1) is 4.39. The maximum Gasteiger partial charge on any atom is 0.0325 e. The Morgan fingerprint density at radius 3 is 3.00 bits per heavy atom. The maximum absolute atomic E-state index is 3.59. The van der Waals surface area contributed by atoms with Crippen LogP contribution < -0.4 is 0 Å².